The molecular weight excluding hydrogens is 1220 g/mol. The van der Waals surface area contributed by atoms with Crippen LogP contribution in [0.4, 0.5) is 0 Å². The third-order valence-electron chi connectivity index (χ3n) is 19.3. The minimum atomic E-state index is 0.661. The van der Waals surface area contributed by atoms with E-state index in [4.69, 9.17) is 18.9 Å². The predicted molar refractivity (Wildman–Crippen MR) is 438 cm³/mol. The van der Waals surface area contributed by atoms with Gasteiger partial charge >= 0.3 is 0 Å². The molecule has 5 heteroatoms. The zero-order valence-corrected chi connectivity index (χ0v) is 63.1. The molecular formula is C95H132O5. The zero-order valence-electron chi connectivity index (χ0n) is 63.1. The van der Waals surface area contributed by atoms with Gasteiger partial charge in [-0.3, -0.25) is 4.79 Å². The molecule has 0 radical (unpaired) electrons. The summed E-state index contributed by atoms with van der Waals surface area (Å²) in [4.78, 5) is 11.5. The van der Waals surface area contributed by atoms with Crippen molar-refractivity contribution in [1.82, 2.24) is 0 Å². The van der Waals surface area contributed by atoms with Crippen LogP contribution in [0.25, 0.3) is 60.8 Å². The number of ether oxygens (including phenoxy) is 4. The number of hydrogen-bond donors (Lipinski definition) is 0. The summed E-state index contributed by atoms with van der Waals surface area (Å²) in [6, 6.07) is 44.6. The quantitative estimate of drug-likeness (QED) is 0.0216. The second-order valence-corrected chi connectivity index (χ2v) is 28.2. The highest BCUT2D eigenvalue weighted by atomic mass is 16.5. The normalized spacial score (nSPS) is 11.8. The summed E-state index contributed by atoms with van der Waals surface area (Å²) >= 11 is 0. The predicted octanol–water partition coefficient (Wildman–Crippen LogP) is 29.5. The van der Waals surface area contributed by atoms with Gasteiger partial charge in [-0.15, -0.1) is 0 Å². The molecule has 0 unspecified atom stereocenters. The van der Waals surface area contributed by atoms with Crippen molar-refractivity contribution in [2.75, 3.05) is 26.4 Å². The highest BCUT2D eigenvalue weighted by Gasteiger charge is 2.14. The minimum absolute atomic E-state index is 0.661. The lowest BCUT2D eigenvalue weighted by molar-refractivity contribution is 0.112. The second-order valence-electron chi connectivity index (χ2n) is 28.2. The number of rotatable bonds is 59. The third kappa shape index (κ3) is 36.5. The molecule has 0 aliphatic heterocycles. The molecule has 542 valence electrons. The van der Waals surface area contributed by atoms with Gasteiger partial charge in [0.1, 0.15) is 29.3 Å². The Balaban J connectivity index is 1.24. The molecule has 5 nitrogen and oxygen atoms in total. The number of hydrogen-bond acceptors (Lipinski definition) is 5. The van der Waals surface area contributed by atoms with Crippen LogP contribution in [0.5, 0.6) is 23.0 Å². The molecule has 0 aliphatic carbocycles. The van der Waals surface area contributed by atoms with Crippen LogP contribution in [-0.4, -0.2) is 32.7 Å². The summed E-state index contributed by atoms with van der Waals surface area (Å²) in [6.45, 7) is 11.8. The summed E-state index contributed by atoms with van der Waals surface area (Å²) in [6.07, 6.45) is 74.0. The van der Waals surface area contributed by atoms with Crippen LogP contribution in [0.3, 0.4) is 0 Å². The first-order valence-corrected chi connectivity index (χ1v) is 40.6. The van der Waals surface area contributed by atoms with Crippen LogP contribution in [0.15, 0.2) is 127 Å². The van der Waals surface area contributed by atoms with E-state index in [1.165, 1.54) is 242 Å². The molecule has 0 amide bonds. The van der Waals surface area contributed by atoms with Gasteiger partial charge in [0.15, 0.2) is 0 Å². The Morgan fingerprint density at radius 2 is 0.390 bits per heavy atom. The van der Waals surface area contributed by atoms with Gasteiger partial charge in [0.25, 0.3) is 0 Å². The summed E-state index contributed by atoms with van der Waals surface area (Å²) in [7, 11) is 0. The number of aldehydes is 1. The molecule has 0 fully saturated rings. The van der Waals surface area contributed by atoms with Crippen molar-refractivity contribution in [1.29, 1.82) is 0 Å². The van der Waals surface area contributed by atoms with Crippen LogP contribution < -0.4 is 18.9 Å². The third-order valence-corrected chi connectivity index (χ3v) is 19.3. The lowest BCUT2D eigenvalue weighted by atomic mass is 10.0. The zero-order chi connectivity index (χ0) is 70.2. The molecule has 0 N–H and O–H groups in total. The molecule has 0 aromatic heterocycles. The van der Waals surface area contributed by atoms with Gasteiger partial charge in [-0.25, -0.2) is 0 Å². The van der Waals surface area contributed by atoms with E-state index in [1.807, 2.05) is 24.3 Å². The van der Waals surface area contributed by atoms with E-state index in [-0.39, 0.29) is 0 Å². The van der Waals surface area contributed by atoms with Crippen molar-refractivity contribution in [2.24, 2.45) is 0 Å². The molecule has 0 aliphatic rings. The number of benzene rings is 6. The van der Waals surface area contributed by atoms with Crippen LogP contribution >= 0.6 is 0 Å². The fraction of sp³-hybridized carbons (Fsp3) is 0.505. The van der Waals surface area contributed by atoms with E-state index in [0.29, 0.717) is 32.0 Å². The SMILES string of the molecule is CCCCCCCCCCCCOc1cc(/C=C/c2ccc(/C=C/c3cc(OCCCCCCCCCCCC)c(/C=C/c4ccc(/C=C/c5ccccc5)cc4)cc3OCCCCCCCCCCCC)cc2)c(OCCCCCCCCCCCC)cc1/C=C/c1ccc(C=O)cc1. The van der Waals surface area contributed by atoms with E-state index in [2.05, 4.69) is 192 Å². The van der Waals surface area contributed by atoms with Gasteiger partial charge in [-0.1, -0.05) is 423 Å². The van der Waals surface area contributed by atoms with Crippen molar-refractivity contribution in [3.05, 3.63) is 189 Å². The van der Waals surface area contributed by atoms with Gasteiger partial charge in [0.05, 0.1) is 26.4 Å². The molecule has 6 aromatic rings. The highest BCUT2D eigenvalue weighted by molar-refractivity contribution is 5.82. The molecule has 0 saturated carbocycles. The first kappa shape index (κ1) is 81.9. The Morgan fingerprint density at radius 3 is 0.600 bits per heavy atom. The summed E-state index contributed by atoms with van der Waals surface area (Å²) in [5.41, 5.74) is 11.4. The molecule has 0 spiro atoms. The van der Waals surface area contributed by atoms with Crippen molar-refractivity contribution in [3.63, 3.8) is 0 Å². The van der Waals surface area contributed by atoms with Crippen molar-refractivity contribution < 1.29 is 23.7 Å². The maximum atomic E-state index is 11.5. The second kappa shape index (κ2) is 54.6. The lowest BCUT2D eigenvalue weighted by Crippen LogP contribution is -2.03. The van der Waals surface area contributed by atoms with E-state index >= 15 is 0 Å². The van der Waals surface area contributed by atoms with Crippen molar-refractivity contribution in [2.45, 2.75) is 285 Å². The number of carbonyl (C=O) groups is 1. The maximum Gasteiger partial charge on any atom is 0.150 e. The van der Waals surface area contributed by atoms with Gasteiger partial charge in [-0.2, -0.15) is 0 Å². The highest BCUT2D eigenvalue weighted by Crippen LogP contribution is 2.35. The maximum absolute atomic E-state index is 11.5. The molecule has 0 bridgehead atoms. The first-order valence-electron chi connectivity index (χ1n) is 40.6. The number of carbonyl (C=O) groups excluding carboxylic acids is 1. The fourth-order valence-electron chi connectivity index (χ4n) is 12.9. The average Bonchev–Trinajstić information content (AvgIpc) is 0.848. The van der Waals surface area contributed by atoms with E-state index in [1.54, 1.807) is 0 Å². The fourth-order valence-corrected chi connectivity index (χ4v) is 12.9. The topological polar surface area (TPSA) is 54.0 Å². The average molecular weight is 1350 g/mol. The first-order chi connectivity index (χ1) is 49.5. The molecule has 0 saturated heterocycles. The summed E-state index contributed by atoms with van der Waals surface area (Å²) in [5, 5.41) is 0. The van der Waals surface area contributed by atoms with Gasteiger partial charge in [0.2, 0.25) is 0 Å². The van der Waals surface area contributed by atoms with Crippen molar-refractivity contribution >= 4 is 67.0 Å². The smallest absolute Gasteiger partial charge is 0.150 e. The Kier molecular flexibility index (Phi) is 44.7. The standard InChI is InChI=1S/C95H132O5/c1-5-9-13-17-21-25-29-33-37-44-72-97-92-77-89(93(98-73-45-38-34-30-26-22-18-14-10-6-2)76-88(92)68-64-83-54-52-82(53-55-83)51-50-81-48-42-41-43-49-81)69-65-84-56-58-85(59-57-84)66-70-90-78-95(100-75-47-40-36-32-28-24-20-16-12-8-4)91(71-67-86-60-62-87(80-96)63-61-86)79-94(90)99-74-46-39-35-31-27-23-19-15-11-7-3/h41-43,48-71,76-80H,5-40,44-47,72-75H2,1-4H3/b51-50+,68-64+,69-65+,70-66+,71-67+. The monoisotopic (exact) mass is 1350 g/mol. The Hall–Kier alpha value is -7.11. The van der Waals surface area contributed by atoms with E-state index in [0.717, 1.165) is 99.5 Å². The van der Waals surface area contributed by atoms with Gasteiger partial charge in [-0.05, 0) is 83.3 Å². The van der Waals surface area contributed by atoms with E-state index < -0.39 is 0 Å². The van der Waals surface area contributed by atoms with Crippen LogP contribution in [0, 0.1) is 0 Å². The van der Waals surface area contributed by atoms with Gasteiger partial charge < -0.3 is 18.9 Å². The molecule has 6 rings (SSSR count). The van der Waals surface area contributed by atoms with Crippen LogP contribution in [0.1, 0.15) is 351 Å². The molecule has 0 heterocycles. The van der Waals surface area contributed by atoms with Crippen LogP contribution in [-0.2, 0) is 0 Å². The lowest BCUT2D eigenvalue weighted by Gasteiger charge is -2.16. The summed E-state index contributed by atoms with van der Waals surface area (Å²) in [5.74, 6) is 3.47. The minimum Gasteiger partial charge on any atom is -0.493 e. The van der Waals surface area contributed by atoms with Gasteiger partial charge in [0, 0.05) is 27.8 Å². The van der Waals surface area contributed by atoms with E-state index in [9.17, 15) is 4.79 Å². The molecule has 100 heavy (non-hydrogen) atoms. The Labute approximate surface area is 609 Å². The summed E-state index contributed by atoms with van der Waals surface area (Å²) < 4.78 is 27.1. The largest absolute Gasteiger partial charge is 0.493 e. The molecule has 0 atom stereocenters. The van der Waals surface area contributed by atoms with Crippen molar-refractivity contribution in [3.8, 4) is 23.0 Å². The molecule has 6 aromatic carbocycles. The Morgan fingerprint density at radius 1 is 0.210 bits per heavy atom. The van der Waals surface area contributed by atoms with Crippen LogP contribution in [0.2, 0.25) is 0 Å². The number of unbranched alkanes of at least 4 members (excludes halogenated alkanes) is 36. The Bertz CT molecular complexity index is 3180.